The van der Waals surface area contributed by atoms with Gasteiger partial charge in [-0.2, -0.15) is 0 Å². The molecule has 0 bridgehead atoms. The molecular formula is C20H29N3O3. The van der Waals surface area contributed by atoms with E-state index in [4.69, 9.17) is 0 Å². The largest absolute Gasteiger partial charge is 0.342 e. The van der Waals surface area contributed by atoms with Crippen molar-refractivity contribution >= 4 is 11.8 Å². The van der Waals surface area contributed by atoms with Crippen molar-refractivity contribution in [3.63, 3.8) is 0 Å². The number of carbonyl (C=O) groups is 2. The number of hydrogen-bond acceptors (Lipinski definition) is 3. The van der Waals surface area contributed by atoms with Crippen molar-refractivity contribution in [1.29, 1.82) is 0 Å². The van der Waals surface area contributed by atoms with Gasteiger partial charge in [-0.3, -0.25) is 14.4 Å². The van der Waals surface area contributed by atoms with E-state index in [9.17, 15) is 14.4 Å². The molecule has 1 aromatic heterocycles. The summed E-state index contributed by atoms with van der Waals surface area (Å²) in [5.41, 5.74) is 0.298. The summed E-state index contributed by atoms with van der Waals surface area (Å²) in [4.78, 5) is 40.9. The summed E-state index contributed by atoms with van der Waals surface area (Å²) in [6.07, 6.45) is 7.19. The van der Waals surface area contributed by atoms with Crippen LogP contribution in [0.15, 0.2) is 23.1 Å². The smallest absolute Gasteiger partial charge is 0.254 e. The predicted molar refractivity (Wildman–Crippen MR) is 100.0 cm³/mol. The summed E-state index contributed by atoms with van der Waals surface area (Å²) in [5.74, 6) is 0.179. The second kappa shape index (κ2) is 7.64. The Labute approximate surface area is 154 Å². The molecule has 2 aliphatic heterocycles. The molecule has 2 saturated heterocycles. The van der Waals surface area contributed by atoms with E-state index in [1.54, 1.807) is 19.3 Å². The van der Waals surface area contributed by atoms with Gasteiger partial charge in [0.2, 0.25) is 5.91 Å². The van der Waals surface area contributed by atoms with E-state index in [0.717, 1.165) is 51.7 Å². The highest BCUT2D eigenvalue weighted by Crippen LogP contribution is 2.39. The third kappa shape index (κ3) is 3.84. The standard InChI is InChI=1S/C20H29N3O3/c1-3-4-10-22-14-20(9-6-17(22)24)8-5-11-23(15-20)19(26)16-7-12-21(2)18(25)13-16/h7,12-13H,3-6,8-11,14-15H2,1-2H3/t20-/m1/s1. The lowest BCUT2D eigenvalue weighted by Crippen LogP contribution is -2.55. The fourth-order valence-electron chi connectivity index (χ4n) is 4.23. The average molecular weight is 359 g/mol. The third-order valence-corrected chi connectivity index (χ3v) is 5.83. The maximum atomic E-state index is 12.9. The molecule has 1 atom stereocenters. The number of aromatic nitrogens is 1. The first-order valence-corrected chi connectivity index (χ1v) is 9.68. The van der Waals surface area contributed by atoms with Crippen molar-refractivity contribution < 1.29 is 9.59 Å². The van der Waals surface area contributed by atoms with Gasteiger partial charge in [0, 0.05) is 62.9 Å². The number of rotatable bonds is 4. The summed E-state index contributed by atoms with van der Waals surface area (Å²) >= 11 is 0. The van der Waals surface area contributed by atoms with Gasteiger partial charge in [0.25, 0.3) is 11.5 Å². The first kappa shape index (κ1) is 18.7. The molecule has 0 unspecified atom stereocenters. The molecule has 26 heavy (non-hydrogen) atoms. The van der Waals surface area contributed by atoms with Crippen molar-refractivity contribution in [2.75, 3.05) is 26.2 Å². The van der Waals surface area contributed by atoms with Gasteiger partial charge >= 0.3 is 0 Å². The Hall–Kier alpha value is -2.11. The molecule has 1 spiro atoms. The van der Waals surface area contributed by atoms with Gasteiger partial charge in [-0.05, 0) is 31.7 Å². The van der Waals surface area contributed by atoms with E-state index in [1.807, 2.05) is 9.80 Å². The number of aryl methyl sites for hydroxylation is 1. The van der Waals surface area contributed by atoms with Crippen LogP contribution in [-0.2, 0) is 11.8 Å². The molecule has 2 aliphatic rings. The van der Waals surface area contributed by atoms with Gasteiger partial charge in [-0.15, -0.1) is 0 Å². The molecule has 0 aromatic carbocycles. The van der Waals surface area contributed by atoms with Crippen LogP contribution in [-0.4, -0.2) is 52.4 Å². The number of pyridine rings is 1. The summed E-state index contributed by atoms with van der Waals surface area (Å²) in [6.45, 7) is 5.11. The van der Waals surface area contributed by atoms with Crippen LogP contribution < -0.4 is 5.56 Å². The average Bonchev–Trinajstić information content (AvgIpc) is 2.64. The molecular weight excluding hydrogens is 330 g/mol. The topological polar surface area (TPSA) is 62.6 Å². The molecule has 6 heteroatoms. The third-order valence-electron chi connectivity index (χ3n) is 5.83. The molecule has 2 amide bonds. The van der Waals surface area contributed by atoms with Crippen molar-refractivity contribution in [2.45, 2.75) is 45.4 Å². The molecule has 3 rings (SSSR count). The maximum Gasteiger partial charge on any atom is 0.254 e. The van der Waals surface area contributed by atoms with E-state index in [0.29, 0.717) is 18.5 Å². The summed E-state index contributed by atoms with van der Waals surface area (Å²) < 4.78 is 1.47. The molecule has 2 fully saturated rings. The molecule has 0 N–H and O–H groups in total. The van der Waals surface area contributed by atoms with Crippen molar-refractivity contribution in [2.24, 2.45) is 12.5 Å². The van der Waals surface area contributed by atoms with Crippen LogP contribution in [0.1, 0.15) is 55.8 Å². The summed E-state index contributed by atoms with van der Waals surface area (Å²) in [6, 6.07) is 3.13. The fourth-order valence-corrected chi connectivity index (χ4v) is 4.23. The lowest BCUT2D eigenvalue weighted by Gasteiger charge is -2.48. The van der Waals surface area contributed by atoms with E-state index >= 15 is 0 Å². The first-order chi connectivity index (χ1) is 12.4. The van der Waals surface area contributed by atoms with Crippen LogP contribution >= 0.6 is 0 Å². The van der Waals surface area contributed by atoms with Crippen LogP contribution in [0.25, 0.3) is 0 Å². The quantitative estimate of drug-likeness (QED) is 0.826. The second-order valence-corrected chi connectivity index (χ2v) is 7.86. The lowest BCUT2D eigenvalue weighted by molar-refractivity contribution is -0.139. The monoisotopic (exact) mass is 359 g/mol. The minimum Gasteiger partial charge on any atom is -0.342 e. The number of hydrogen-bond donors (Lipinski definition) is 0. The molecule has 142 valence electrons. The number of likely N-dealkylation sites (tertiary alicyclic amines) is 2. The van der Waals surface area contributed by atoms with E-state index < -0.39 is 0 Å². The predicted octanol–water partition coefficient (Wildman–Crippen LogP) is 2.03. The van der Waals surface area contributed by atoms with E-state index in [-0.39, 0.29) is 22.8 Å². The van der Waals surface area contributed by atoms with Crippen molar-refractivity contribution in [3.8, 4) is 0 Å². The summed E-state index contributed by atoms with van der Waals surface area (Å²) in [7, 11) is 1.68. The highest BCUT2D eigenvalue weighted by molar-refractivity contribution is 5.94. The van der Waals surface area contributed by atoms with Crippen molar-refractivity contribution in [1.82, 2.24) is 14.4 Å². The lowest BCUT2D eigenvalue weighted by atomic mass is 9.73. The molecule has 0 aliphatic carbocycles. The zero-order valence-electron chi connectivity index (χ0n) is 15.9. The number of piperidine rings is 2. The number of nitrogens with zero attached hydrogens (tertiary/aromatic N) is 3. The Morgan fingerprint density at radius 2 is 2.04 bits per heavy atom. The van der Waals surface area contributed by atoms with E-state index in [1.165, 1.54) is 10.6 Å². The Morgan fingerprint density at radius 3 is 2.77 bits per heavy atom. The zero-order chi connectivity index (χ0) is 18.7. The molecule has 0 saturated carbocycles. The van der Waals surface area contributed by atoms with Crippen LogP contribution in [0.2, 0.25) is 0 Å². The van der Waals surface area contributed by atoms with Gasteiger partial charge in [0.05, 0.1) is 0 Å². The molecule has 1 aromatic rings. The van der Waals surface area contributed by atoms with Crippen LogP contribution in [0.3, 0.4) is 0 Å². The van der Waals surface area contributed by atoms with Gasteiger partial charge < -0.3 is 14.4 Å². The van der Waals surface area contributed by atoms with Crippen LogP contribution in [0, 0.1) is 5.41 Å². The number of amides is 2. The van der Waals surface area contributed by atoms with Crippen molar-refractivity contribution in [3.05, 3.63) is 34.2 Å². The van der Waals surface area contributed by atoms with Gasteiger partial charge in [0.1, 0.15) is 0 Å². The van der Waals surface area contributed by atoms with Crippen LogP contribution in [0.5, 0.6) is 0 Å². The van der Waals surface area contributed by atoms with Gasteiger partial charge in [-0.25, -0.2) is 0 Å². The zero-order valence-corrected chi connectivity index (χ0v) is 15.9. The minimum atomic E-state index is -0.170. The highest BCUT2D eigenvalue weighted by Gasteiger charge is 2.42. The normalized spacial score (nSPS) is 23.5. The highest BCUT2D eigenvalue weighted by atomic mass is 16.2. The second-order valence-electron chi connectivity index (χ2n) is 7.86. The minimum absolute atomic E-state index is 0.00923. The Morgan fingerprint density at radius 1 is 1.23 bits per heavy atom. The SMILES string of the molecule is CCCCN1C[C@@]2(CCCN(C(=O)c3ccn(C)c(=O)c3)C2)CCC1=O. The summed E-state index contributed by atoms with van der Waals surface area (Å²) in [5, 5.41) is 0. The van der Waals surface area contributed by atoms with Crippen LogP contribution in [0.4, 0.5) is 0 Å². The Bertz CT molecular complexity index is 742. The van der Waals surface area contributed by atoms with Gasteiger partial charge in [0.15, 0.2) is 0 Å². The molecule has 0 radical (unpaired) electrons. The number of carbonyl (C=O) groups excluding carboxylic acids is 2. The maximum absolute atomic E-state index is 12.9. The fraction of sp³-hybridized carbons (Fsp3) is 0.650. The number of unbranched alkanes of at least 4 members (excludes halogenated alkanes) is 1. The Kier molecular flexibility index (Phi) is 5.49. The first-order valence-electron chi connectivity index (χ1n) is 9.68. The Balaban J connectivity index is 1.73. The molecule has 6 nitrogen and oxygen atoms in total. The van der Waals surface area contributed by atoms with Gasteiger partial charge in [-0.1, -0.05) is 13.3 Å². The molecule has 3 heterocycles. The van der Waals surface area contributed by atoms with E-state index in [2.05, 4.69) is 6.92 Å².